The quantitative estimate of drug-likeness (QED) is 0.748. The molecule has 0 fully saturated rings. The molecule has 0 aliphatic carbocycles. The molecule has 1 amide bonds. The molecular formula is C20H21N3O3S. The van der Waals surface area contributed by atoms with Crippen LogP contribution in [0.15, 0.2) is 47.4 Å². The fourth-order valence-corrected chi connectivity index (χ4v) is 3.37. The van der Waals surface area contributed by atoms with Crippen LogP contribution in [0.2, 0.25) is 0 Å². The second-order valence-electron chi connectivity index (χ2n) is 6.63. The van der Waals surface area contributed by atoms with Gasteiger partial charge in [-0.1, -0.05) is 12.1 Å². The lowest BCUT2D eigenvalue weighted by Gasteiger charge is -2.15. The van der Waals surface area contributed by atoms with Gasteiger partial charge in [0.2, 0.25) is 0 Å². The van der Waals surface area contributed by atoms with E-state index in [9.17, 15) is 13.2 Å². The third kappa shape index (κ3) is 4.14. The van der Waals surface area contributed by atoms with E-state index >= 15 is 0 Å². The third-order valence-corrected chi connectivity index (χ3v) is 5.62. The van der Waals surface area contributed by atoms with Crippen LogP contribution in [0.4, 0.5) is 0 Å². The minimum absolute atomic E-state index is 0.225. The maximum absolute atomic E-state index is 12.6. The van der Waals surface area contributed by atoms with E-state index in [1.54, 1.807) is 42.5 Å². The van der Waals surface area contributed by atoms with Gasteiger partial charge in [-0.05, 0) is 56.7 Å². The molecule has 140 valence electrons. The molecule has 0 aliphatic rings. The van der Waals surface area contributed by atoms with Gasteiger partial charge in [0.15, 0.2) is 9.84 Å². The van der Waals surface area contributed by atoms with Crippen LogP contribution >= 0.6 is 0 Å². The fourth-order valence-electron chi connectivity index (χ4n) is 2.74. The van der Waals surface area contributed by atoms with Crippen molar-refractivity contribution in [2.75, 3.05) is 6.26 Å². The molecule has 1 N–H and O–H groups in total. The van der Waals surface area contributed by atoms with Crippen LogP contribution in [0.25, 0.3) is 11.0 Å². The van der Waals surface area contributed by atoms with Gasteiger partial charge >= 0.3 is 0 Å². The molecule has 0 saturated carbocycles. The molecule has 0 aliphatic heterocycles. The van der Waals surface area contributed by atoms with Crippen molar-refractivity contribution in [3.05, 3.63) is 65.0 Å². The molecule has 7 heteroatoms. The number of aromatic nitrogens is 2. The van der Waals surface area contributed by atoms with E-state index in [0.29, 0.717) is 11.1 Å². The Balaban J connectivity index is 1.80. The molecule has 1 unspecified atom stereocenters. The maximum atomic E-state index is 12.6. The van der Waals surface area contributed by atoms with E-state index in [1.807, 2.05) is 20.8 Å². The van der Waals surface area contributed by atoms with Crippen LogP contribution in [-0.2, 0) is 9.84 Å². The zero-order valence-corrected chi connectivity index (χ0v) is 16.5. The van der Waals surface area contributed by atoms with Crippen LogP contribution in [0.1, 0.15) is 40.3 Å². The molecule has 1 heterocycles. The largest absolute Gasteiger partial charge is 0.346 e. The first-order valence-corrected chi connectivity index (χ1v) is 10.4. The van der Waals surface area contributed by atoms with E-state index in [1.165, 1.54) is 6.26 Å². The Morgan fingerprint density at radius 1 is 0.963 bits per heavy atom. The van der Waals surface area contributed by atoms with Gasteiger partial charge in [0.25, 0.3) is 5.91 Å². The molecule has 6 nitrogen and oxygen atoms in total. The van der Waals surface area contributed by atoms with Crippen LogP contribution in [-0.4, -0.2) is 30.5 Å². The highest BCUT2D eigenvalue weighted by atomic mass is 32.2. The average Bonchev–Trinajstić information content (AvgIpc) is 2.61. The lowest BCUT2D eigenvalue weighted by Crippen LogP contribution is -2.26. The van der Waals surface area contributed by atoms with Crippen molar-refractivity contribution in [3.8, 4) is 0 Å². The summed E-state index contributed by atoms with van der Waals surface area (Å²) in [5.74, 6) is -0.225. The summed E-state index contributed by atoms with van der Waals surface area (Å²) in [6.45, 7) is 5.64. The van der Waals surface area contributed by atoms with Crippen molar-refractivity contribution in [1.82, 2.24) is 15.3 Å². The molecule has 2 aromatic carbocycles. The van der Waals surface area contributed by atoms with Crippen molar-refractivity contribution in [1.29, 1.82) is 0 Å². The zero-order chi connectivity index (χ0) is 19.8. The fraction of sp³-hybridized carbons (Fsp3) is 0.250. The molecule has 0 saturated heterocycles. The van der Waals surface area contributed by atoms with Crippen molar-refractivity contribution in [2.24, 2.45) is 0 Å². The predicted molar refractivity (Wildman–Crippen MR) is 104 cm³/mol. The smallest absolute Gasteiger partial charge is 0.251 e. The second kappa shape index (κ2) is 7.08. The van der Waals surface area contributed by atoms with Gasteiger partial charge in [-0.15, -0.1) is 0 Å². The number of carbonyl (C=O) groups is 1. The van der Waals surface area contributed by atoms with Crippen LogP contribution in [0, 0.1) is 13.8 Å². The highest BCUT2D eigenvalue weighted by Crippen LogP contribution is 2.18. The Labute approximate surface area is 158 Å². The lowest BCUT2D eigenvalue weighted by atomic mass is 10.1. The summed E-state index contributed by atoms with van der Waals surface area (Å²) in [5.41, 5.74) is 4.45. The molecule has 1 atom stereocenters. The van der Waals surface area contributed by atoms with E-state index in [2.05, 4.69) is 15.3 Å². The minimum Gasteiger partial charge on any atom is -0.346 e. The maximum Gasteiger partial charge on any atom is 0.251 e. The van der Waals surface area contributed by atoms with Gasteiger partial charge < -0.3 is 5.32 Å². The van der Waals surface area contributed by atoms with Crippen molar-refractivity contribution in [3.63, 3.8) is 0 Å². The first kappa shape index (κ1) is 19.0. The number of hydrogen-bond donors (Lipinski definition) is 1. The first-order valence-electron chi connectivity index (χ1n) is 8.51. The number of rotatable bonds is 4. The summed E-state index contributed by atoms with van der Waals surface area (Å²) in [6.07, 6.45) is 1.17. The standard InChI is InChI=1S/C20H21N3O3S/c1-12-13(2)22-19-11-16(7-10-18(19)21-12)20(24)23-14(3)15-5-8-17(9-6-15)27(4,25)26/h5-11,14H,1-4H3,(H,23,24). The Kier molecular flexibility index (Phi) is 4.97. The van der Waals surface area contributed by atoms with E-state index in [0.717, 1.165) is 22.5 Å². The number of nitrogens with zero attached hydrogens (tertiary/aromatic N) is 2. The SMILES string of the molecule is Cc1nc2ccc(C(=O)NC(C)c3ccc(S(C)(=O)=O)cc3)cc2nc1C. The van der Waals surface area contributed by atoms with Gasteiger partial charge in [-0.25, -0.2) is 18.4 Å². The molecule has 0 radical (unpaired) electrons. The van der Waals surface area contributed by atoms with Crippen molar-refractivity contribution < 1.29 is 13.2 Å². The van der Waals surface area contributed by atoms with Gasteiger partial charge in [-0.3, -0.25) is 4.79 Å². The summed E-state index contributed by atoms with van der Waals surface area (Å²) in [4.78, 5) is 21.8. The van der Waals surface area contributed by atoms with E-state index in [4.69, 9.17) is 0 Å². The second-order valence-corrected chi connectivity index (χ2v) is 8.65. The highest BCUT2D eigenvalue weighted by Gasteiger charge is 2.14. The van der Waals surface area contributed by atoms with Gasteiger partial charge in [0.05, 0.1) is 33.4 Å². The predicted octanol–water partition coefficient (Wildman–Crippen LogP) is 3.14. The number of sulfone groups is 1. The molecule has 3 aromatic rings. The van der Waals surface area contributed by atoms with Gasteiger partial charge in [0.1, 0.15) is 0 Å². The Morgan fingerprint density at radius 2 is 1.56 bits per heavy atom. The summed E-state index contributed by atoms with van der Waals surface area (Å²) in [7, 11) is -3.24. The van der Waals surface area contributed by atoms with Gasteiger partial charge in [-0.2, -0.15) is 0 Å². The molecule has 1 aromatic heterocycles. The van der Waals surface area contributed by atoms with E-state index < -0.39 is 9.84 Å². The monoisotopic (exact) mass is 383 g/mol. The summed E-state index contributed by atoms with van der Waals surface area (Å²) < 4.78 is 23.1. The molecular weight excluding hydrogens is 362 g/mol. The number of nitrogens with one attached hydrogen (secondary N) is 1. The van der Waals surface area contributed by atoms with E-state index in [-0.39, 0.29) is 16.8 Å². The molecule has 0 spiro atoms. The molecule has 27 heavy (non-hydrogen) atoms. The highest BCUT2D eigenvalue weighted by molar-refractivity contribution is 7.90. The summed E-state index contributed by atoms with van der Waals surface area (Å²) in [5, 5.41) is 2.92. The summed E-state index contributed by atoms with van der Waals surface area (Å²) >= 11 is 0. The van der Waals surface area contributed by atoms with Crippen LogP contribution in [0.3, 0.4) is 0 Å². The topological polar surface area (TPSA) is 89.0 Å². The molecule has 3 rings (SSSR count). The molecule has 0 bridgehead atoms. The third-order valence-electron chi connectivity index (χ3n) is 4.49. The van der Waals surface area contributed by atoms with Crippen LogP contribution in [0.5, 0.6) is 0 Å². The first-order chi connectivity index (χ1) is 12.6. The number of aryl methyl sites for hydroxylation is 2. The Bertz CT molecular complexity index is 1120. The minimum atomic E-state index is -3.24. The van der Waals surface area contributed by atoms with Crippen LogP contribution < -0.4 is 5.32 Å². The number of fused-ring (bicyclic) bond motifs is 1. The Morgan fingerprint density at radius 3 is 2.15 bits per heavy atom. The summed E-state index contributed by atoms with van der Waals surface area (Å²) in [6, 6.07) is 11.5. The lowest BCUT2D eigenvalue weighted by molar-refractivity contribution is 0.0940. The number of amides is 1. The van der Waals surface area contributed by atoms with Gasteiger partial charge in [0, 0.05) is 11.8 Å². The van der Waals surface area contributed by atoms with Crippen molar-refractivity contribution in [2.45, 2.75) is 31.7 Å². The number of benzene rings is 2. The zero-order valence-electron chi connectivity index (χ0n) is 15.6. The van der Waals surface area contributed by atoms with Crippen molar-refractivity contribution >= 4 is 26.8 Å². The normalized spacial score (nSPS) is 12.7. The number of hydrogen-bond acceptors (Lipinski definition) is 5. The number of carbonyl (C=O) groups excluding carboxylic acids is 1. The Hall–Kier alpha value is -2.80. The average molecular weight is 383 g/mol.